The van der Waals surface area contributed by atoms with Gasteiger partial charge < -0.3 is 15.1 Å². The van der Waals surface area contributed by atoms with Crippen LogP contribution in [0.3, 0.4) is 0 Å². The second-order valence-electron chi connectivity index (χ2n) is 8.20. The van der Waals surface area contributed by atoms with Crippen LogP contribution in [0.4, 0.5) is 13.2 Å². The summed E-state index contributed by atoms with van der Waals surface area (Å²) in [7, 11) is 2.18. The normalized spacial score (nSPS) is 21.3. The van der Waals surface area contributed by atoms with Crippen molar-refractivity contribution in [2.24, 2.45) is 10.9 Å². The number of hydrogen-bond acceptors (Lipinski definition) is 3. The third kappa shape index (κ3) is 9.59. The molecular formula is C20H39F3IN5. The zero-order valence-electron chi connectivity index (χ0n) is 18.2. The molecule has 29 heavy (non-hydrogen) atoms. The summed E-state index contributed by atoms with van der Waals surface area (Å²) < 4.78 is 38.1. The highest BCUT2D eigenvalue weighted by Gasteiger charge is 2.33. The van der Waals surface area contributed by atoms with Gasteiger partial charge in [-0.05, 0) is 45.7 Å². The Morgan fingerprint density at radius 3 is 2.45 bits per heavy atom. The maximum absolute atomic E-state index is 12.7. The highest BCUT2D eigenvalue weighted by atomic mass is 127. The van der Waals surface area contributed by atoms with E-state index in [9.17, 15) is 13.2 Å². The molecule has 1 aliphatic heterocycles. The number of hydrogen-bond donors (Lipinski definition) is 1. The Morgan fingerprint density at radius 2 is 1.86 bits per heavy atom. The van der Waals surface area contributed by atoms with Crippen LogP contribution in [-0.2, 0) is 0 Å². The summed E-state index contributed by atoms with van der Waals surface area (Å²) in [4.78, 5) is 10.9. The number of likely N-dealkylation sites (N-methyl/N-ethyl adjacent to an activating group) is 1. The number of aliphatic imine (C=N–C) groups is 1. The van der Waals surface area contributed by atoms with Crippen LogP contribution in [0.15, 0.2) is 4.99 Å². The zero-order chi connectivity index (χ0) is 20.6. The van der Waals surface area contributed by atoms with Crippen LogP contribution in [0.2, 0.25) is 0 Å². The average Bonchev–Trinajstić information content (AvgIpc) is 3.31. The Kier molecular flexibility index (Phi) is 12.2. The fourth-order valence-corrected chi connectivity index (χ4v) is 4.37. The molecule has 2 aliphatic rings. The molecule has 1 aliphatic carbocycles. The Bertz CT molecular complexity index is 483. The van der Waals surface area contributed by atoms with E-state index in [1.807, 2.05) is 0 Å². The lowest BCUT2D eigenvalue weighted by atomic mass is 10.1. The van der Waals surface area contributed by atoms with Crippen LogP contribution >= 0.6 is 24.0 Å². The average molecular weight is 533 g/mol. The molecule has 1 atom stereocenters. The third-order valence-corrected chi connectivity index (χ3v) is 5.95. The molecule has 0 aromatic carbocycles. The third-order valence-electron chi connectivity index (χ3n) is 5.95. The predicted molar refractivity (Wildman–Crippen MR) is 124 cm³/mol. The minimum Gasteiger partial charge on any atom is -0.357 e. The van der Waals surface area contributed by atoms with E-state index >= 15 is 0 Å². The first kappa shape index (κ1) is 26.7. The van der Waals surface area contributed by atoms with Crippen molar-refractivity contribution in [3.05, 3.63) is 0 Å². The van der Waals surface area contributed by atoms with Crippen molar-refractivity contribution in [3.63, 3.8) is 0 Å². The van der Waals surface area contributed by atoms with Crippen LogP contribution in [0.5, 0.6) is 0 Å². The molecule has 0 bridgehead atoms. The van der Waals surface area contributed by atoms with E-state index in [-0.39, 0.29) is 29.9 Å². The molecule has 9 heteroatoms. The van der Waals surface area contributed by atoms with Crippen molar-refractivity contribution in [2.75, 3.05) is 59.4 Å². The first-order chi connectivity index (χ1) is 13.3. The molecule has 1 N–H and O–H groups in total. The van der Waals surface area contributed by atoms with Gasteiger partial charge >= 0.3 is 6.18 Å². The fraction of sp³-hybridized carbons (Fsp3) is 0.950. The molecule has 0 aromatic heterocycles. The van der Waals surface area contributed by atoms with Gasteiger partial charge in [0.1, 0.15) is 0 Å². The molecule has 2 fully saturated rings. The summed E-state index contributed by atoms with van der Waals surface area (Å²) in [5, 5.41) is 3.36. The quantitative estimate of drug-likeness (QED) is 0.279. The van der Waals surface area contributed by atoms with Crippen molar-refractivity contribution in [1.82, 2.24) is 20.0 Å². The van der Waals surface area contributed by atoms with Crippen LogP contribution in [0, 0.1) is 5.92 Å². The van der Waals surface area contributed by atoms with E-state index in [1.165, 1.54) is 30.6 Å². The van der Waals surface area contributed by atoms with Crippen molar-refractivity contribution < 1.29 is 13.2 Å². The lowest BCUT2D eigenvalue weighted by Gasteiger charge is -2.26. The Labute approximate surface area is 191 Å². The summed E-state index contributed by atoms with van der Waals surface area (Å²) >= 11 is 0. The number of nitrogens with zero attached hydrogens (tertiary/aromatic N) is 4. The second-order valence-corrected chi connectivity index (χ2v) is 8.20. The van der Waals surface area contributed by atoms with E-state index in [1.54, 1.807) is 6.92 Å². The number of alkyl halides is 3. The van der Waals surface area contributed by atoms with Crippen LogP contribution < -0.4 is 5.32 Å². The van der Waals surface area contributed by atoms with Gasteiger partial charge in [0.2, 0.25) is 0 Å². The predicted octanol–water partition coefficient (Wildman–Crippen LogP) is 3.65. The molecular weight excluding hydrogens is 494 g/mol. The molecule has 5 nitrogen and oxygen atoms in total. The molecule has 2 rings (SSSR count). The van der Waals surface area contributed by atoms with E-state index in [0.29, 0.717) is 19.1 Å². The second kappa shape index (κ2) is 13.2. The lowest BCUT2D eigenvalue weighted by molar-refractivity contribution is -0.146. The van der Waals surface area contributed by atoms with Crippen LogP contribution in [0.25, 0.3) is 0 Å². The molecule has 1 saturated heterocycles. The van der Waals surface area contributed by atoms with E-state index < -0.39 is 12.7 Å². The first-order valence-electron chi connectivity index (χ1n) is 10.8. The Morgan fingerprint density at radius 1 is 1.17 bits per heavy atom. The molecule has 172 valence electrons. The van der Waals surface area contributed by atoms with Crippen molar-refractivity contribution in [3.8, 4) is 0 Å². The maximum atomic E-state index is 12.7. The fourth-order valence-electron chi connectivity index (χ4n) is 4.37. The highest BCUT2D eigenvalue weighted by Crippen LogP contribution is 2.23. The van der Waals surface area contributed by atoms with Crippen molar-refractivity contribution >= 4 is 29.9 Å². The van der Waals surface area contributed by atoms with Crippen molar-refractivity contribution in [1.29, 1.82) is 0 Å². The number of likely N-dealkylation sites (tertiary alicyclic amines) is 1. The minimum absolute atomic E-state index is 0. The van der Waals surface area contributed by atoms with Gasteiger partial charge in [-0.2, -0.15) is 13.2 Å². The standard InChI is InChI=1S/C20H38F3N5.HI/c1-4-24-19(25-11-13-26(3)18-8-6-7-9-18)28-12-10-17(15-28)14-27(5-2)16-20(21,22)23;/h17-18H,4-16H2,1-3H3,(H,24,25);1H. The molecule has 1 unspecified atom stereocenters. The van der Waals surface area contributed by atoms with E-state index in [0.717, 1.165) is 45.1 Å². The number of halogens is 4. The Hall–Kier alpha value is -0.290. The lowest BCUT2D eigenvalue weighted by Crippen LogP contribution is -2.42. The molecule has 1 saturated carbocycles. The topological polar surface area (TPSA) is 34.1 Å². The first-order valence-corrected chi connectivity index (χ1v) is 10.8. The van der Waals surface area contributed by atoms with Gasteiger partial charge in [-0.15, -0.1) is 24.0 Å². The summed E-state index contributed by atoms with van der Waals surface area (Å²) in [6.07, 6.45) is 2.04. The van der Waals surface area contributed by atoms with E-state index in [4.69, 9.17) is 4.99 Å². The van der Waals surface area contributed by atoms with Crippen LogP contribution in [-0.4, -0.2) is 92.3 Å². The maximum Gasteiger partial charge on any atom is 0.401 e. The molecule has 0 radical (unpaired) electrons. The summed E-state index contributed by atoms with van der Waals surface area (Å²) in [6, 6.07) is 0.697. The number of rotatable bonds is 9. The van der Waals surface area contributed by atoms with Gasteiger partial charge in [0.25, 0.3) is 0 Å². The number of guanidine groups is 1. The van der Waals surface area contributed by atoms with Gasteiger partial charge in [-0.3, -0.25) is 9.89 Å². The number of nitrogens with one attached hydrogen (secondary N) is 1. The molecule has 0 amide bonds. The highest BCUT2D eigenvalue weighted by molar-refractivity contribution is 14.0. The van der Waals surface area contributed by atoms with Gasteiger partial charge in [-0.1, -0.05) is 19.8 Å². The zero-order valence-corrected chi connectivity index (χ0v) is 20.5. The van der Waals surface area contributed by atoms with Gasteiger partial charge in [-0.25, -0.2) is 0 Å². The SMILES string of the molecule is CCNC(=NCCN(C)C1CCCC1)N1CCC(CN(CC)CC(F)(F)F)C1.I. The summed E-state index contributed by atoms with van der Waals surface area (Å²) in [5.74, 6) is 1.16. The summed E-state index contributed by atoms with van der Waals surface area (Å²) in [5.41, 5.74) is 0. The van der Waals surface area contributed by atoms with Gasteiger partial charge in [0.15, 0.2) is 5.96 Å². The smallest absolute Gasteiger partial charge is 0.357 e. The van der Waals surface area contributed by atoms with Crippen molar-refractivity contribution in [2.45, 2.75) is 58.2 Å². The monoisotopic (exact) mass is 533 g/mol. The minimum atomic E-state index is -4.13. The molecule has 0 spiro atoms. The summed E-state index contributed by atoms with van der Waals surface area (Å²) in [6.45, 7) is 8.10. The van der Waals surface area contributed by atoms with Crippen LogP contribution in [0.1, 0.15) is 46.0 Å². The molecule has 0 aromatic rings. The van der Waals surface area contributed by atoms with Gasteiger partial charge in [0.05, 0.1) is 13.1 Å². The van der Waals surface area contributed by atoms with Gasteiger partial charge in [0, 0.05) is 38.8 Å². The largest absolute Gasteiger partial charge is 0.401 e. The van der Waals surface area contributed by atoms with E-state index in [2.05, 4.69) is 29.1 Å². The molecule has 1 heterocycles. The Balaban J connectivity index is 0.00000420.